The SMILES string of the molecule is C[Si](C)(C)CCOCOc1ccc(Cl)c(Cl)c1[C@@H]1CC(=O)N(c2ccnc(NS(C)(=O)=O)c2)C1. The van der Waals surface area contributed by atoms with Crippen molar-refractivity contribution in [2.24, 2.45) is 0 Å². The Morgan fingerprint density at radius 1 is 1.24 bits per heavy atom. The summed E-state index contributed by atoms with van der Waals surface area (Å²) in [7, 11) is -4.70. The summed E-state index contributed by atoms with van der Waals surface area (Å²) >= 11 is 12.8. The molecule has 3 rings (SSSR count). The zero-order chi connectivity index (χ0) is 25.1. The van der Waals surface area contributed by atoms with Crippen molar-refractivity contribution in [1.29, 1.82) is 0 Å². The highest BCUT2D eigenvalue weighted by molar-refractivity contribution is 7.92. The lowest BCUT2D eigenvalue weighted by molar-refractivity contribution is -0.117. The highest BCUT2D eigenvalue weighted by Gasteiger charge is 2.35. The van der Waals surface area contributed by atoms with Crippen LogP contribution in [0.5, 0.6) is 5.75 Å². The van der Waals surface area contributed by atoms with Crippen LogP contribution in [0.4, 0.5) is 11.5 Å². The number of aromatic nitrogens is 1. The van der Waals surface area contributed by atoms with Crippen LogP contribution in [-0.2, 0) is 19.6 Å². The van der Waals surface area contributed by atoms with E-state index in [2.05, 4.69) is 29.3 Å². The van der Waals surface area contributed by atoms with Crippen molar-refractivity contribution in [1.82, 2.24) is 4.98 Å². The van der Waals surface area contributed by atoms with Gasteiger partial charge in [0.2, 0.25) is 15.9 Å². The Labute approximate surface area is 211 Å². The largest absolute Gasteiger partial charge is 0.467 e. The minimum Gasteiger partial charge on any atom is -0.467 e. The normalized spacial score (nSPS) is 16.7. The number of amides is 1. The molecule has 1 amide bonds. The van der Waals surface area contributed by atoms with Gasteiger partial charge in [-0.2, -0.15) is 0 Å². The standard InChI is InChI=1S/C22H29Cl2N3O5SSi/c1-33(29,30)26-19-12-16(7-8-25-19)27-13-15(11-20(27)28)21-18(6-5-17(23)22(21)24)32-14-31-9-10-34(2,3)4/h5-8,12,15H,9-11,13-14H2,1-4H3,(H,25,26)/t15-/m1/s1. The molecule has 0 bridgehead atoms. The molecule has 1 N–H and O–H groups in total. The first-order valence-corrected chi connectivity index (χ1v) is 17.1. The second kappa shape index (κ2) is 10.8. The molecule has 1 aromatic heterocycles. The van der Waals surface area contributed by atoms with Gasteiger partial charge in [0, 0.05) is 57.1 Å². The van der Waals surface area contributed by atoms with E-state index < -0.39 is 18.1 Å². The first kappa shape index (κ1) is 26.7. The third kappa shape index (κ3) is 7.32. The van der Waals surface area contributed by atoms with E-state index >= 15 is 0 Å². The van der Waals surface area contributed by atoms with Gasteiger partial charge in [-0.15, -0.1) is 0 Å². The molecule has 12 heteroatoms. The maximum atomic E-state index is 12.9. The Bertz CT molecular complexity index is 1160. The van der Waals surface area contributed by atoms with E-state index in [1.807, 2.05) is 0 Å². The molecule has 186 valence electrons. The number of halogens is 2. The summed E-state index contributed by atoms with van der Waals surface area (Å²) < 4.78 is 36.9. The topological polar surface area (TPSA) is 97.8 Å². The van der Waals surface area contributed by atoms with Crippen LogP contribution in [0.15, 0.2) is 30.5 Å². The number of nitrogens with zero attached hydrogens (tertiary/aromatic N) is 2. The summed E-state index contributed by atoms with van der Waals surface area (Å²) in [5, 5.41) is 0.716. The molecule has 2 heterocycles. The van der Waals surface area contributed by atoms with Crippen molar-refractivity contribution in [2.75, 3.05) is 35.8 Å². The van der Waals surface area contributed by atoms with E-state index in [1.165, 1.54) is 12.3 Å². The Kier molecular flexibility index (Phi) is 8.51. The summed E-state index contributed by atoms with van der Waals surface area (Å²) in [6.45, 7) is 7.85. The molecule has 1 aliphatic rings. The average molecular weight is 547 g/mol. The zero-order valence-electron chi connectivity index (χ0n) is 19.6. The van der Waals surface area contributed by atoms with E-state index in [0.29, 0.717) is 40.2 Å². The highest BCUT2D eigenvalue weighted by atomic mass is 35.5. The molecule has 1 aromatic carbocycles. The van der Waals surface area contributed by atoms with Crippen molar-refractivity contribution in [3.63, 3.8) is 0 Å². The lowest BCUT2D eigenvalue weighted by atomic mass is 9.97. The first-order chi connectivity index (χ1) is 15.8. The number of rotatable bonds is 10. The Balaban J connectivity index is 1.77. The minimum absolute atomic E-state index is 0.0741. The van der Waals surface area contributed by atoms with Crippen LogP contribution in [0.2, 0.25) is 35.7 Å². The number of carbonyl (C=O) groups is 1. The molecule has 0 radical (unpaired) electrons. The molecule has 2 aromatic rings. The second-order valence-electron chi connectivity index (χ2n) is 9.43. The first-order valence-electron chi connectivity index (χ1n) is 10.8. The van der Waals surface area contributed by atoms with E-state index in [4.69, 9.17) is 32.7 Å². The quantitative estimate of drug-likeness (QED) is 0.257. The van der Waals surface area contributed by atoms with Crippen molar-refractivity contribution in [3.05, 3.63) is 46.1 Å². The van der Waals surface area contributed by atoms with E-state index in [0.717, 1.165) is 12.3 Å². The molecule has 0 spiro atoms. The monoisotopic (exact) mass is 545 g/mol. The van der Waals surface area contributed by atoms with Gasteiger partial charge < -0.3 is 14.4 Å². The van der Waals surface area contributed by atoms with Gasteiger partial charge in [0.1, 0.15) is 11.6 Å². The Morgan fingerprint density at radius 2 is 1.97 bits per heavy atom. The lowest BCUT2D eigenvalue weighted by Crippen LogP contribution is -2.24. The van der Waals surface area contributed by atoms with Crippen molar-refractivity contribution in [2.45, 2.75) is 38.0 Å². The number of pyridine rings is 1. The maximum Gasteiger partial charge on any atom is 0.230 e. The second-order valence-corrected chi connectivity index (χ2v) is 17.6. The van der Waals surface area contributed by atoms with Crippen LogP contribution in [-0.4, -0.2) is 53.6 Å². The smallest absolute Gasteiger partial charge is 0.230 e. The molecule has 34 heavy (non-hydrogen) atoms. The molecule has 1 atom stereocenters. The van der Waals surface area contributed by atoms with E-state index in [1.54, 1.807) is 23.1 Å². The minimum atomic E-state index is -3.50. The fraction of sp³-hybridized carbons (Fsp3) is 0.455. The van der Waals surface area contributed by atoms with Crippen LogP contribution >= 0.6 is 23.2 Å². The highest BCUT2D eigenvalue weighted by Crippen LogP contribution is 2.43. The van der Waals surface area contributed by atoms with Crippen molar-refractivity contribution >= 4 is 58.7 Å². The number of sulfonamides is 1. The summed E-state index contributed by atoms with van der Waals surface area (Å²) in [5.74, 6) is 0.262. The Morgan fingerprint density at radius 3 is 2.65 bits per heavy atom. The number of hydrogen-bond acceptors (Lipinski definition) is 6. The molecule has 1 aliphatic heterocycles. The number of nitrogens with one attached hydrogen (secondary N) is 1. The predicted octanol–water partition coefficient (Wildman–Crippen LogP) is 4.97. The lowest BCUT2D eigenvalue weighted by Gasteiger charge is -2.21. The van der Waals surface area contributed by atoms with Crippen LogP contribution in [0.25, 0.3) is 0 Å². The molecule has 8 nitrogen and oxygen atoms in total. The summed E-state index contributed by atoms with van der Waals surface area (Å²) in [6, 6.07) is 7.59. The van der Waals surface area contributed by atoms with Crippen LogP contribution < -0.4 is 14.4 Å². The fourth-order valence-corrected chi connectivity index (χ4v) is 5.30. The van der Waals surface area contributed by atoms with Gasteiger partial charge in [-0.1, -0.05) is 42.8 Å². The maximum absolute atomic E-state index is 12.9. The van der Waals surface area contributed by atoms with Gasteiger partial charge in [-0.25, -0.2) is 13.4 Å². The van der Waals surface area contributed by atoms with Gasteiger partial charge >= 0.3 is 0 Å². The van der Waals surface area contributed by atoms with Gasteiger partial charge in [0.25, 0.3) is 0 Å². The van der Waals surface area contributed by atoms with Crippen molar-refractivity contribution in [3.8, 4) is 5.75 Å². The van der Waals surface area contributed by atoms with Crippen molar-refractivity contribution < 1.29 is 22.7 Å². The molecule has 1 saturated heterocycles. The number of anilines is 2. The number of benzene rings is 1. The van der Waals surface area contributed by atoms with Gasteiger partial charge in [-0.3, -0.25) is 9.52 Å². The van der Waals surface area contributed by atoms with E-state index in [9.17, 15) is 13.2 Å². The number of ether oxygens (including phenoxy) is 2. The molecular weight excluding hydrogens is 517 g/mol. The van der Waals surface area contributed by atoms with Crippen LogP contribution in [0.3, 0.4) is 0 Å². The van der Waals surface area contributed by atoms with E-state index in [-0.39, 0.29) is 30.9 Å². The molecule has 1 fully saturated rings. The van der Waals surface area contributed by atoms with Crippen LogP contribution in [0, 0.1) is 0 Å². The van der Waals surface area contributed by atoms with Gasteiger partial charge in [0.15, 0.2) is 6.79 Å². The van der Waals surface area contributed by atoms with Gasteiger partial charge in [-0.05, 0) is 24.2 Å². The Hall–Kier alpha value is -1.85. The average Bonchev–Trinajstić information content (AvgIpc) is 3.09. The molecule has 0 unspecified atom stereocenters. The zero-order valence-corrected chi connectivity index (χ0v) is 22.9. The number of hydrogen-bond donors (Lipinski definition) is 1. The molecular formula is C22H29Cl2N3O5SSi. The molecule has 0 aliphatic carbocycles. The fourth-order valence-electron chi connectivity index (χ4n) is 3.58. The third-order valence-corrected chi connectivity index (χ3v) is 8.37. The van der Waals surface area contributed by atoms with Gasteiger partial charge in [0.05, 0.1) is 16.3 Å². The third-order valence-electron chi connectivity index (χ3n) is 5.27. The summed E-state index contributed by atoms with van der Waals surface area (Å²) in [5.41, 5.74) is 1.19. The summed E-state index contributed by atoms with van der Waals surface area (Å²) in [4.78, 5) is 18.5. The van der Waals surface area contributed by atoms with Crippen LogP contribution in [0.1, 0.15) is 17.9 Å². The molecule has 0 saturated carbocycles. The number of carbonyl (C=O) groups excluding carboxylic acids is 1. The summed E-state index contributed by atoms with van der Waals surface area (Å²) in [6.07, 6.45) is 2.68. The predicted molar refractivity (Wildman–Crippen MR) is 138 cm³/mol.